The Kier molecular flexibility index (Phi) is 3.89. The molecule has 1 unspecified atom stereocenters. The Labute approximate surface area is 120 Å². The molecule has 0 aliphatic carbocycles. The molecule has 0 saturated heterocycles. The van der Waals surface area contributed by atoms with Crippen LogP contribution >= 0.6 is 11.3 Å². The Morgan fingerprint density at radius 1 is 1.45 bits per heavy atom. The van der Waals surface area contributed by atoms with Gasteiger partial charge in [-0.05, 0) is 19.1 Å². The number of anilines is 1. The van der Waals surface area contributed by atoms with E-state index in [0.29, 0.717) is 16.1 Å². The molecule has 0 bridgehead atoms. The smallest absolute Gasteiger partial charge is 0.264 e. The van der Waals surface area contributed by atoms with Crippen LogP contribution in [-0.4, -0.2) is 41.8 Å². The number of nitrogens with one attached hydrogen (secondary N) is 1. The van der Waals surface area contributed by atoms with Gasteiger partial charge in [0.2, 0.25) is 5.91 Å². The van der Waals surface area contributed by atoms with Crippen molar-refractivity contribution in [2.75, 3.05) is 19.8 Å². The van der Waals surface area contributed by atoms with Crippen LogP contribution in [0.1, 0.15) is 16.6 Å². The van der Waals surface area contributed by atoms with Crippen LogP contribution in [0.2, 0.25) is 0 Å². The van der Waals surface area contributed by atoms with Crippen LogP contribution in [0.4, 0.5) is 5.69 Å². The minimum absolute atomic E-state index is 0.170. The molecule has 2 heterocycles. The predicted molar refractivity (Wildman–Crippen MR) is 79.7 cm³/mol. The number of likely N-dealkylation sites (N-methyl/N-ethyl adjacent to an activating group) is 1. The zero-order valence-corrected chi connectivity index (χ0v) is 12.3. The molecule has 0 spiro atoms. The topological polar surface area (TPSA) is 88.3 Å². The molecule has 2 rings (SSSR count). The molecule has 3 N–H and O–H groups in total. The van der Waals surface area contributed by atoms with Gasteiger partial charge < -0.3 is 16.0 Å². The van der Waals surface area contributed by atoms with Crippen molar-refractivity contribution in [2.24, 2.45) is 0 Å². The van der Waals surface area contributed by atoms with Gasteiger partial charge in [-0.25, -0.2) is 0 Å². The second-order valence-electron chi connectivity index (χ2n) is 4.62. The third-order valence-corrected chi connectivity index (χ3v) is 4.01. The minimum atomic E-state index is -0.602. The van der Waals surface area contributed by atoms with Crippen molar-refractivity contribution in [3.05, 3.63) is 23.2 Å². The number of carbonyl (C=O) groups excluding carboxylic acids is 2. The van der Waals surface area contributed by atoms with Crippen molar-refractivity contribution >= 4 is 39.1 Å². The first-order chi connectivity index (χ1) is 9.41. The largest absolute Gasteiger partial charge is 0.396 e. The van der Waals surface area contributed by atoms with Crippen LogP contribution < -0.4 is 11.1 Å². The van der Waals surface area contributed by atoms with Gasteiger partial charge in [0.1, 0.15) is 16.4 Å². The standard InChI is InChI=1S/C13H16N4O2S/c1-7(13(19)17(2)3)16-12(18)11-9(14)10-8(20-11)5-4-6-15-10/h4-7H,14H2,1-3H3,(H,16,18). The van der Waals surface area contributed by atoms with Gasteiger partial charge >= 0.3 is 0 Å². The van der Waals surface area contributed by atoms with Crippen molar-refractivity contribution in [3.8, 4) is 0 Å². The third kappa shape index (κ3) is 2.57. The van der Waals surface area contributed by atoms with E-state index in [1.165, 1.54) is 16.2 Å². The number of nitrogens with zero attached hydrogens (tertiary/aromatic N) is 2. The molecule has 106 valence electrons. The van der Waals surface area contributed by atoms with Gasteiger partial charge in [0.05, 0.1) is 10.4 Å². The van der Waals surface area contributed by atoms with Gasteiger partial charge in [-0.2, -0.15) is 0 Å². The molecule has 0 fully saturated rings. The van der Waals surface area contributed by atoms with E-state index in [-0.39, 0.29) is 11.8 Å². The average molecular weight is 292 g/mol. The number of thiophene rings is 1. The van der Waals surface area contributed by atoms with E-state index < -0.39 is 6.04 Å². The maximum Gasteiger partial charge on any atom is 0.264 e. The number of amides is 2. The van der Waals surface area contributed by atoms with E-state index >= 15 is 0 Å². The molecule has 2 amide bonds. The van der Waals surface area contributed by atoms with Crippen LogP contribution in [0.25, 0.3) is 10.2 Å². The van der Waals surface area contributed by atoms with Crippen molar-refractivity contribution in [1.82, 2.24) is 15.2 Å². The summed E-state index contributed by atoms with van der Waals surface area (Å²) in [7, 11) is 3.28. The number of hydrogen-bond acceptors (Lipinski definition) is 5. The Balaban J connectivity index is 2.24. The van der Waals surface area contributed by atoms with Crippen molar-refractivity contribution < 1.29 is 9.59 Å². The zero-order chi connectivity index (χ0) is 14.9. The number of aromatic nitrogens is 1. The lowest BCUT2D eigenvalue weighted by atomic mass is 10.2. The van der Waals surface area contributed by atoms with E-state index in [0.717, 1.165) is 4.70 Å². The molecule has 0 saturated carbocycles. The summed E-state index contributed by atoms with van der Waals surface area (Å²) in [4.78, 5) is 29.9. The molecular weight excluding hydrogens is 276 g/mol. The number of fused-ring (bicyclic) bond motifs is 1. The Hall–Kier alpha value is -2.15. The summed E-state index contributed by atoms with van der Waals surface area (Å²) < 4.78 is 0.849. The van der Waals surface area contributed by atoms with Crippen LogP contribution in [-0.2, 0) is 4.79 Å². The Morgan fingerprint density at radius 3 is 2.75 bits per heavy atom. The van der Waals surface area contributed by atoms with E-state index in [4.69, 9.17) is 5.73 Å². The molecule has 0 aromatic carbocycles. The van der Waals surface area contributed by atoms with Gasteiger partial charge in [-0.15, -0.1) is 11.3 Å². The monoisotopic (exact) mass is 292 g/mol. The number of nitrogen functional groups attached to an aromatic ring is 1. The number of nitrogens with two attached hydrogens (primary N) is 1. The fraction of sp³-hybridized carbons (Fsp3) is 0.308. The zero-order valence-electron chi connectivity index (χ0n) is 11.5. The van der Waals surface area contributed by atoms with Crippen LogP contribution in [0.5, 0.6) is 0 Å². The molecule has 2 aromatic rings. The maximum absolute atomic E-state index is 12.2. The number of carbonyl (C=O) groups is 2. The van der Waals surface area contributed by atoms with E-state index in [2.05, 4.69) is 10.3 Å². The van der Waals surface area contributed by atoms with Crippen molar-refractivity contribution in [3.63, 3.8) is 0 Å². The Bertz CT molecular complexity index is 665. The lowest BCUT2D eigenvalue weighted by Crippen LogP contribution is -2.44. The summed E-state index contributed by atoms with van der Waals surface area (Å²) in [5.74, 6) is -0.524. The summed E-state index contributed by atoms with van der Waals surface area (Å²) in [5.41, 5.74) is 6.92. The molecule has 0 aliphatic heterocycles. The Morgan fingerprint density at radius 2 is 2.15 bits per heavy atom. The fourth-order valence-corrected chi connectivity index (χ4v) is 2.81. The van der Waals surface area contributed by atoms with Crippen molar-refractivity contribution in [2.45, 2.75) is 13.0 Å². The van der Waals surface area contributed by atoms with Gasteiger partial charge in [0.25, 0.3) is 5.91 Å². The molecular formula is C13H16N4O2S. The van der Waals surface area contributed by atoms with E-state index in [1.807, 2.05) is 6.07 Å². The minimum Gasteiger partial charge on any atom is -0.396 e. The quantitative estimate of drug-likeness (QED) is 0.886. The van der Waals surface area contributed by atoms with Gasteiger partial charge in [-0.1, -0.05) is 0 Å². The first kappa shape index (κ1) is 14.3. The van der Waals surface area contributed by atoms with Crippen LogP contribution in [0, 0.1) is 0 Å². The lowest BCUT2D eigenvalue weighted by molar-refractivity contribution is -0.130. The van der Waals surface area contributed by atoms with E-state index in [9.17, 15) is 9.59 Å². The van der Waals surface area contributed by atoms with Gasteiger partial charge in [0, 0.05) is 20.3 Å². The van der Waals surface area contributed by atoms with Gasteiger partial charge in [-0.3, -0.25) is 14.6 Å². The first-order valence-electron chi connectivity index (χ1n) is 6.07. The highest BCUT2D eigenvalue weighted by Crippen LogP contribution is 2.31. The van der Waals surface area contributed by atoms with Crippen LogP contribution in [0.3, 0.4) is 0 Å². The fourth-order valence-electron chi connectivity index (χ4n) is 1.83. The summed E-state index contributed by atoms with van der Waals surface area (Å²) in [6.07, 6.45) is 1.63. The van der Waals surface area contributed by atoms with E-state index in [1.54, 1.807) is 33.3 Å². The maximum atomic E-state index is 12.2. The molecule has 0 radical (unpaired) electrons. The highest BCUT2D eigenvalue weighted by atomic mass is 32.1. The van der Waals surface area contributed by atoms with Crippen molar-refractivity contribution in [1.29, 1.82) is 0 Å². The second kappa shape index (κ2) is 5.46. The number of hydrogen-bond donors (Lipinski definition) is 2. The highest BCUT2D eigenvalue weighted by Gasteiger charge is 2.22. The number of pyridine rings is 1. The highest BCUT2D eigenvalue weighted by molar-refractivity contribution is 7.21. The van der Waals surface area contributed by atoms with Gasteiger partial charge in [0.15, 0.2) is 0 Å². The molecule has 6 nitrogen and oxygen atoms in total. The van der Waals surface area contributed by atoms with Crippen LogP contribution in [0.15, 0.2) is 18.3 Å². The molecule has 2 aromatic heterocycles. The summed E-state index contributed by atoms with van der Waals surface area (Å²) >= 11 is 1.27. The number of rotatable bonds is 3. The average Bonchev–Trinajstić information content (AvgIpc) is 2.75. The molecule has 1 atom stereocenters. The summed E-state index contributed by atoms with van der Waals surface area (Å²) in [5, 5.41) is 2.65. The molecule has 0 aliphatic rings. The SMILES string of the molecule is CC(NC(=O)c1sc2cccnc2c1N)C(=O)N(C)C. The molecule has 7 heteroatoms. The lowest BCUT2D eigenvalue weighted by Gasteiger charge is -2.17. The predicted octanol–water partition coefficient (Wildman–Crippen LogP) is 1.09. The molecule has 20 heavy (non-hydrogen) atoms. The first-order valence-corrected chi connectivity index (χ1v) is 6.88. The summed E-state index contributed by atoms with van der Waals surface area (Å²) in [6, 6.07) is 3.04. The summed E-state index contributed by atoms with van der Waals surface area (Å²) in [6.45, 7) is 1.64. The normalized spacial score (nSPS) is 12.2. The third-order valence-electron chi connectivity index (χ3n) is 2.85. The second-order valence-corrected chi connectivity index (χ2v) is 5.68.